The zero-order chi connectivity index (χ0) is 14.5. The van der Waals surface area contributed by atoms with Crippen molar-refractivity contribution in [2.75, 3.05) is 31.7 Å². The average molecular weight is 285 g/mol. The Morgan fingerprint density at radius 2 is 1.95 bits per heavy atom. The van der Waals surface area contributed by atoms with Gasteiger partial charge in [-0.1, -0.05) is 6.07 Å². The molecule has 0 atom stereocenters. The third kappa shape index (κ3) is 5.27. The van der Waals surface area contributed by atoms with Crippen LogP contribution in [0.5, 0.6) is 0 Å². The van der Waals surface area contributed by atoms with Crippen LogP contribution in [-0.4, -0.2) is 40.7 Å². The SMILES string of the molecule is CNc1cc(C)ccc1C(=O)NCCNS(C)(=O)=O. The molecule has 0 saturated heterocycles. The van der Waals surface area contributed by atoms with Crippen molar-refractivity contribution in [3.05, 3.63) is 29.3 Å². The molecule has 3 N–H and O–H groups in total. The normalized spacial score (nSPS) is 11.1. The number of carbonyl (C=O) groups excluding carboxylic acids is 1. The van der Waals surface area contributed by atoms with E-state index >= 15 is 0 Å². The Hall–Kier alpha value is -1.60. The number of anilines is 1. The standard InChI is InChI=1S/C12H19N3O3S/c1-9-4-5-10(11(8-9)13-2)12(16)14-6-7-15-19(3,17)18/h4-5,8,13,15H,6-7H2,1-3H3,(H,14,16). The first-order valence-corrected chi connectivity index (χ1v) is 7.74. The summed E-state index contributed by atoms with van der Waals surface area (Å²) in [5.41, 5.74) is 2.33. The predicted molar refractivity (Wildman–Crippen MR) is 75.9 cm³/mol. The van der Waals surface area contributed by atoms with Crippen LogP contribution in [0.1, 0.15) is 15.9 Å². The molecule has 0 aromatic heterocycles. The van der Waals surface area contributed by atoms with Gasteiger partial charge in [0.05, 0.1) is 11.8 Å². The van der Waals surface area contributed by atoms with Gasteiger partial charge in [0, 0.05) is 25.8 Å². The molecule has 7 heteroatoms. The largest absolute Gasteiger partial charge is 0.387 e. The minimum absolute atomic E-state index is 0.172. The van der Waals surface area contributed by atoms with E-state index in [0.29, 0.717) is 5.56 Å². The molecule has 0 aliphatic carbocycles. The lowest BCUT2D eigenvalue weighted by Gasteiger charge is -2.10. The zero-order valence-electron chi connectivity index (χ0n) is 11.3. The number of nitrogens with one attached hydrogen (secondary N) is 3. The zero-order valence-corrected chi connectivity index (χ0v) is 12.1. The van der Waals surface area contributed by atoms with E-state index < -0.39 is 10.0 Å². The Morgan fingerprint density at radius 3 is 2.53 bits per heavy atom. The second-order valence-corrected chi connectivity index (χ2v) is 6.05. The highest BCUT2D eigenvalue weighted by molar-refractivity contribution is 7.88. The van der Waals surface area contributed by atoms with Gasteiger partial charge in [-0.15, -0.1) is 0 Å². The maximum atomic E-state index is 11.9. The summed E-state index contributed by atoms with van der Waals surface area (Å²) in [6, 6.07) is 5.47. The fraction of sp³-hybridized carbons (Fsp3) is 0.417. The van der Waals surface area contributed by atoms with Gasteiger partial charge in [0.2, 0.25) is 10.0 Å². The Kier molecular flexibility index (Phi) is 5.31. The molecule has 19 heavy (non-hydrogen) atoms. The van der Waals surface area contributed by atoms with Gasteiger partial charge in [0.15, 0.2) is 0 Å². The van der Waals surface area contributed by atoms with Crippen LogP contribution in [0.2, 0.25) is 0 Å². The van der Waals surface area contributed by atoms with Crippen LogP contribution in [0.15, 0.2) is 18.2 Å². The fourth-order valence-corrected chi connectivity index (χ4v) is 2.04. The van der Waals surface area contributed by atoms with Gasteiger partial charge < -0.3 is 10.6 Å². The third-order valence-electron chi connectivity index (χ3n) is 2.46. The number of aryl methyl sites for hydroxylation is 1. The second-order valence-electron chi connectivity index (χ2n) is 4.22. The van der Waals surface area contributed by atoms with Crippen molar-refractivity contribution in [1.29, 1.82) is 0 Å². The summed E-state index contributed by atoms with van der Waals surface area (Å²) in [5, 5.41) is 5.62. The smallest absolute Gasteiger partial charge is 0.253 e. The summed E-state index contributed by atoms with van der Waals surface area (Å²) >= 11 is 0. The summed E-state index contributed by atoms with van der Waals surface area (Å²) in [5.74, 6) is -0.236. The number of benzene rings is 1. The number of carbonyl (C=O) groups is 1. The molecule has 106 valence electrons. The monoisotopic (exact) mass is 285 g/mol. The molecule has 0 saturated carbocycles. The van der Waals surface area contributed by atoms with Gasteiger partial charge in [0.1, 0.15) is 0 Å². The average Bonchev–Trinajstić information content (AvgIpc) is 2.33. The van der Waals surface area contributed by atoms with Crippen LogP contribution in [0.4, 0.5) is 5.69 Å². The molecule has 0 aliphatic heterocycles. The van der Waals surface area contributed by atoms with Gasteiger partial charge >= 0.3 is 0 Å². The molecular formula is C12H19N3O3S. The van der Waals surface area contributed by atoms with Crippen molar-refractivity contribution in [3.8, 4) is 0 Å². The van der Waals surface area contributed by atoms with Crippen LogP contribution < -0.4 is 15.4 Å². The third-order valence-corrected chi connectivity index (χ3v) is 3.19. The van der Waals surface area contributed by atoms with Crippen molar-refractivity contribution >= 4 is 21.6 Å². The minimum atomic E-state index is -3.22. The van der Waals surface area contributed by atoms with Crippen LogP contribution in [0.25, 0.3) is 0 Å². The van der Waals surface area contributed by atoms with Crippen LogP contribution >= 0.6 is 0 Å². The fourth-order valence-electron chi connectivity index (χ4n) is 1.57. The first-order chi connectivity index (χ1) is 8.83. The maximum Gasteiger partial charge on any atom is 0.253 e. The number of hydrogen-bond acceptors (Lipinski definition) is 4. The van der Waals surface area contributed by atoms with Crippen molar-refractivity contribution in [3.63, 3.8) is 0 Å². The topological polar surface area (TPSA) is 87.3 Å². The minimum Gasteiger partial charge on any atom is -0.387 e. The summed E-state index contributed by atoms with van der Waals surface area (Å²) in [7, 11) is -1.47. The Morgan fingerprint density at radius 1 is 1.26 bits per heavy atom. The van der Waals surface area contributed by atoms with E-state index in [9.17, 15) is 13.2 Å². The Bertz CT molecular complexity index is 555. The molecule has 1 amide bonds. The van der Waals surface area contributed by atoms with Crippen LogP contribution in [0.3, 0.4) is 0 Å². The molecule has 1 rings (SSSR count). The molecule has 0 bridgehead atoms. The van der Waals surface area contributed by atoms with E-state index in [-0.39, 0.29) is 19.0 Å². The number of hydrogen-bond donors (Lipinski definition) is 3. The lowest BCUT2D eigenvalue weighted by atomic mass is 10.1. The van der Waals surface area contributed by atoms with Gasteiger partial charge in [-0.25, -0.2) is 13.1 Å². The van der Waals surface area contributed by atoms with Crippen LogP contribution in [0, 0.1) is 6.92 Å². The Labute approximate surface area is 113 Å². The van der Waals surface area contributed by atoms with Crippen molar-refractivity contribution in [2.45, 2.75) is 6.92 Å². The first kappa shape index (κ1) is 15.5. The number of sulfonamides is 1. The van der Waals surface area contributed by atoms with E-state index in [0.717, 1.165) is 17.5 Å². The first-order valence-electron chi connectivity index (χ1n) is 5.84. The van der Waals surface area contributed by atoms with Crippen LogP contribution in [-0.2, 0) is 10.0 Å². The summed E-state index contributed by atoms with van der Waals surface area (Å²) in [6.45, 7) is 2.35. The van der Waals surface area contributed by atoms with Crippen molar-refractivity contribution < 1.29 is 13.2 Å². The molecule has 0 spiro atoms. The molecule has 0 unspecified atom stereocenters. The number of rotatable bonds is 6. The second kappa shape index (κ2) is 6.53. The lowest BCUT2D eigenvalue weighted by Crippen LogP contribution is -2.34. The molecule has 1 aromatic rings. The van der Waals surface area contributed by atoms with Gasteiger partial charge in [-0.3, -0.25) is 4.79 Å². The summed E-state index contributed by atoms with van der Waals surface area (Å²) in [6.07, 6.45) is 1.08. The van der Waals surface area contributed by atoms with E-state index in [1.165, 1.54) is 0 Å². The van der Waals surface area contributed by atoms with Gasteiger partial charge in [-0.2, -0.15) is 0 Å². The predicted octanol–water partition coefficient (Wildman–Crippen LogP) is 0.316. The van der Waals surface area contributed by atoms with E-state index in [2.05, 4.69) is 15.4 Å². The molecule has 1 aromatic carbocycles. The summed E-state index contributed by atoms with van der Waals surface area (Å²) in [4.78, 5) is 11.9. The quantitative estimate of drug-likeness (QED) is 0.657. The highest BCUT2D eigenvalue weighted by atomic mass is 32.2. The van der Waals surface area contributed by atoms with E-state index in [4.69, 9.17) is 0 Å². The van der Waals surface area contributed by atoms with Gasteiger partial charge in [-0.05, 0) is 24.6 Å². The van der Waals surface area contributed by atoms with Crippen molar-refractivity contribution in [2.24, 2.45) is 0 Å². The molecule has 0 aliphatic rings. The molecule has 0 heterocycles. The molecule has 0 fully saturated rings. The lowest BCUT2D eigenvalue weighted by molar-refractivity contribution is 0.0955. The van der Waals surface area contributed by atoms with Crippen molar-refractivity contribution in [1.82, 2.24) is 10.0 Å². The Balaban J connectivity index is 2.59. The van der Waals surface area contributed by atoms with Gasteiger partial charge in [0.25, 0.3) is 5.91 Å². The maximum absolute atomic E-state index is 11.9. The molecule has 0 radical (unpaired) electrons. The molecular weight excluding hydrogens is 266 g/mol. The highest BCUT2D eigenvalue weighted by Crippen LogP contribution is 2.16. The summed E-state index contributed by atoms with van der Waals surface area (Å²) < 4.78 is 24.0. The number of amides is 1. The van der Waals surface area contributed by atoms with E-state index in [1.807, 2.05) is 19.1 Å². The highest BCUT2D eigenvalue weighted by Gasteiger charge is 2.10. The van der Waals surface area contributed by atoms with E-state index in [1.54, 1.807) is 13.1 Å². The molecule has 6 nitrogen and oxygen atoms in total.